The molecule has 0 bridgehead atoms. The topological polar surface area (TPSA) is 103 Å². The van der Waals surface area contributed by atoms with Crippen LogP contribution in [0.2, 0.25) is 0 Å². The molecular formula is C14H22N2O4. The zero-order chi connectivity index (χ0) is 15.4. The van der Waals surface area contributed by atoms with E-state index in [0.717, 1.165) is 5.57 Å². The number of amides is 1. The van der Waals surface area contributed by atoms with Gasteiger partial charge >= 0.3 is 0 Å². The Labute approximate surface area is 118 Å². The van der Waals surface area contributed by atoms with Crippen molar-refractivity contribution in [3.05, 3.63) is 22.6 Å². The second-order valence-corrected chi connectivity index (χ2v) is 5.18. The number of allylic oxidation sites excluding steroid dienone is 1. The van der Waals surface area contributed by atoms with Crippen molar-refractivity contribution in [2.45, 2.75) is 45.8 Å². The maximum Gasteiger partial charge on any atom is 0.261 e. The lowest BCUT2D eigenvalue weighted by Crippen LogP contribution is -2.25. The van der Waals surface area contributed by atoms with E-state index in [1.165, 1.54) is 7.11 Å². The largest absolute Gasteiger partial charge is 0.505 e. The van der Waals surface area contributed by atoms with Crippen LogP contribution >= 0.6 is 0 Å². The Kier molecular flexibility index (Phi) is 5.47. The minimum absolute atomic E-state index is 0.00347. The Morgan fingerprint density at radius 3 is 2.45 bits per heavy atom. The Bertz CT molecular complexity index is 474. The number of rotatable bonds is 6. The fraction of sp³-hybridized carbons (Fsp3) is 0.571. The zero-order valence-corrected chi connectivity index (χ0v) is 12.3. The van der Waals surface area contributed by atoms with Crippen LogP contribution in [0.15, 0.2) is 22.6 Å². The van der Waals surface area contributed by atoms with Gasteiger partial charge in [0.1, 0.15) is 5.57 Å². The van der Waals surface area contributed by atoms with Gasteiger partial charge in [-0.15, -0.1) is 0 Å². The monoisotopic (exact) mass is 282 g/mol. The first-order valence-corrected chi connectivity index (χ1v) is 6.49. The molecule has 0 aliphatic carbocycles. The molecule has 0 spiro atoms. The van der Waals surface area contributed by atoms with E-state index in [2.05, 4.69) is 5.32 Å². The fourth-order valence-corrected chi connectivity index (χ4v) is 2.08. The normalized spacial score (nSPS) is 18.1. The van der Waals surface area contributed by atoms with E-state index in [1.54, 1.807) is 20.8 Å². The maximum atomic E-state index is 11.8. The van der Waals surface area contributed by atoms with Gasteiger partial charge in [0, 0.05) is 13.5 Å². The van der Waals surface area contributed by atoms with E-state index in [1.807, 2.05) is 0 Å². The molecule has 1 aliphatic heterocycles. The number of carbonyl (C=O) groups excluding carboxylic acids is 1. The molecule has 6 heteroatoms. The van der Waals surface area contributed by atoms with Crippen molar-refractivity contribution in [1.29, 1.82) is 5.41 Å². The van der Waals surface area contributed by atoms with E-state index in [0.29, 0.717) is 12.1 Å². The molecule has 1 heterocycles. The van der Waals surface area contributed by atoms with Crippen LogP contribution in [0.4, 0.5) is 0 Å². The third-order valence-electron chi connectivity index (χ3n) is 3.11. The van der Waals surface area contributed by atoms with Gasteiger partial charge in [0.2, 0.25) is 0 Å². The van der Waals surface area contributed by atoms with Gasteiger partial charge in [-0.05, 0) is 32.8 Å². The van der Waals surface area contributed by atoms with Crippen molar-refractivity contribution in [1.82, 2.24) is 5.32 Å². The van der Waals surface area contributed by atoms with Crippen molar-refractivity contribution < 1.29 is 19.7 Å². The average molecular weight is 282 g/mol. The van der Waals surface area contributed by atoms with Crippen LogP contribution in [0, 0.1) is 5.41 Å². The number of nitrogens with one attached hydrogen (secondary N) is 2. The molecule has 112 valence electrons. The number of hydrogen-bond donors (Lipinski definition) is 4. The molecule has 4 N–H and O–H groups in total. The lowest BCUT2D eigenvalue weighted by molar-refractivity contribution is -0.115. The summed E-state index contributed by atoms with van der Waals surface area (Å²) >= 11 is 0. The lowest BCUT2D eigenvalue weighted by atomic mass is 10.0. The lowest BCUT2D eigenvalue weighted by Gasteiger charge is -2.17. The Morgan fingerprint density at radius 1 is 1.45 bits per heavy atom. The molecule has 1 rings (SSSR count). The van der Waals surface area contributed by atoms with Crippen molar-refractivity contribution in [3.8, 4) is 0 Å². The zero-order valence-electron chi connectivity index (χ0n) is 12.3. The number of aliphatic hydroxyl groups is 2. The second-order valence-electron chi connectivity index (χ2n) is 5.18. The summed E-state index contributed by atoms with van der Waals surface area (Å²) in [4.78, 5) is 11.8. The van der Waals surface area contributed by atoms with Crippen molar-refractivity contribution in [3.63, 3.8) is 0 Å². The van der Waals surface area contributed by atoms with Crippen molar-refractivity contribution >= 4 is 11.6 Å². The van der Waals surface area contributed by atoms with E-state index in [-0.39, 0.29) is 29.6 Å². The molecular weight excluding hydrogens is 260 g/mol. The predicted octanol–water partition coefficient (Wildman–Crippen LogP) is 1.42. The van der Waals surface area contributed by atoms with Crippen LogP contribution in [0.25, 0.3) is 0 Å². The van der Waals surface area contributed by atoms with Gasteiger partial charge in [-0.2, -0.15) is 0 Å². The fourth-order valence-electron chi connectivity index (χ4n) is 2.08. The number of hydrogen-bond acceptors (Lipinski definition) is 5. The van der Waals surface area contributed by atoms with E-state index in [9.17, 15) is 15.0 Å². The molecule has 1 amide bonds. The molecule has 0 fully saturated rings. The van der Waals surface area contributed by atoms with E-state index < -0.39 is 12.0 Å². The maximum absolute atomic E-state index is 11.8. The Hall–Kier alpha value is -1.66. The first kappa shape index (κ1) is 16.4. The molecule has 20 heavy (non-hydrogen) atoms. The van der Waals surface area contributed by atoms with Crippen LogP contribution in [0.1, 0.15) is 33.6 Å². The highest BCUT2D eigenvalue weighted by molar-refractivity contribution is 6.23. The van der Waals surface area contributed by atoms with Crippen LogP contribution < -0.4 is 5.32 Å². The van der Waals surface area contributed by atoms with Crippen molar-refractivity contribution in [2.75, 3.05) is 7.11 Å². The molecule has 0 aromatic carbocycles. The second kappa shape index (κ2) is 6.67. The molecule has 6 nitrogen and oxygen atoms in total. The predicted molar refractivity (Wildman–Crippen MR) is 75.6 cm³/mol. The molecule has 2 atom stereocenters. The third-order valence-corrected chi connectivity index (χ3v) is 3.11. The molecule has 0 aromatic rings. The molecule has 0 saturated heterocycles. The summed E-state index contributed by atoms with van der Waals surface area (Å²) in [6.07, 6.45) is -0.402. The summed E-state index contributed by atoms with van der Waals surface area (Å²) in [5.74, 6) is -0.664. The smallest absolute Gasteiger partial charge is 0.261 e. The molecule has 0 unspecified atom stereocenters. The van der Waals surface area contributed by atoms with Crippen LogP contribution in [-0.2, 0) is 9.53 Å². The quantitative estimate of drug-likeness (QED) is 0.553. The van der Waals surface area contributed by atoms with Crippen LogP contribution in [0.5, 0.6) is 0 Å². The highest BCUT2D eigenvalue weighted by Crippen LogP contribution is 2.24. The molecule has 0 saturated carbocycles. The minimum Gasteiger partial charge on any atom is -0.505 e. The van der Waals surface area contributed by atoms with Gasteiger partial charge in [0.25, 0.3) is 5.91 Å². The highest BCUT2D eigenvalue weighted by Gasteiger charge is 2.31. The molecule has 1 aliphatic rings. The number of aliphatic hydroxyl groups excluding tert-OH is 2. The minimum atomic E-state index is -0.555. The summed E-state index contributed by atoms with van der Waals surface area (Å²) in [5.41, 5.74) is 1.11. The Balaban J connectivity index is 2.91. The Morgan fingerprint density at radius 2 is 2.05 bits per heavy atom. The van der Waals surface area contributed by atoms with Crippen LogP contribution in [0.3, 0.4) is 0 Å². The summed E-state index contributed by atoms with van der Waals surface area (Å²) in [5, 5.41) is 29.9. The molecule has 0 radical (unpaired) electrons. The summed E-state index contributed by atoms with van der Waals surface area (Å²) in [6, 6.07) is 0. The number of ether oxygens (including phenoxy) is 1. The SMILES string of the molecule is CO[C@H](CC(=N)C1=C(O)C(=C(C)C)NC1=O)C[C@H](C)O. The molecule has 0 aromatic heterocycles. The van der Waals surface area contributed by atoms with Crippen LogP contribution in [-0.4, -0.2) is 41.1 Å². The average Bonchev–Trinajstić information content (AvgIpc) is 2.63. The van der Waals surface area contributed by atoms with E-state index >= 15 is 0 Å². The third kappa shape index (κ3) is 3.68. The van der Waals surface area contributed by atoms with Crippen molar-refractivity contribution in [2.24, 2.45) is 0 Å². The van der Waals surface area contributed by atoms with Gasteiger partial charge in [0.05, 0.1) is 23.6 Å². The number of methoxy groups -OCH3 is 1. The first-order chi connectivity index (χ1) is 9.27. The van der Waals surface area contributed by atoms with Gasteiger partial charge in [-0.3, -0.25) is 4.79 Å². The summed E-state index contributed by atoms with van der Waals surface area (Å²) in [6.45, 7) is 5.17. The highest BCUT2D eigenvalue weighted by atomic mass is 16.5. The van der Waals surface area contributed by atoms with Gasteiger partial charge in [-0.25, -0.2) is 0 Å². The standard InChI is InChI=1S/C14H22N2O4/c1-7(2)12-13(18)11(14(19)16-12)10(15)6-9(20-4)5-8(3)17/h8-9,15,17-18H,5-6H2,1-4H3,(H,16,19)/t8-,9-/m0/s1. The van der Waals surface area contributed by atoms with Gasteiger partial charge in [-0.1, -0.05) is 0 Å². The van der Waals surface area contributed by atoms with Gasteiger partial charge in [0.15, 0.2) is 5.76 Å². The van der Waals surface area contributed by atoms with E-state index in [4.69, 9.17) is 10.1 Å². The number of carbonyl (C=O) groups is 1. The van der Waals surface area contributed by atoms with Gasteiger partial charge < -0.3 is 25.7 Å². The summed E-state index contributed by atoms with van der Waals surface area (Å²) < 4.78 is 5.19. The summed E-state index contributed by atoms with van der Waals surface area (Å²) in [7, 11) is 1.49. The first-order valence-electron chi connectivity index (χ1n) is 6.49.